The van der Waals surface area contributed by atoms with Gasteiger partial charge < -0.3 is 19.7 Å². The molecule has 2 aromatic carbocycles. The van der Waals surface area contributed by atoms with Crippen molar-refractivity contribution in [2.75, 3.05) is 20.7 Å². The van der Waals surface area contributed by atoms with Crippen molar-refractivity contribution >= 4 is 12.0 Å². The predicted molar refractivity (Wildman–Crippen MR) is 114 cm³/mol. The van der Waals surface area contributed by atoms with Gasteiger partial charge in [0.25, 0.3) is 5.91 Å². The fourth-order valence-electron chi connectivity index (χ4n) is 2.94. The van der Waals surface area contributed by atoms with E-state index < -0.39 is 11.7 Å². The summed E-state index contributed by atoms with van der Waals surface area (Å²) in [7, 11) is 3.24. The number of nitrogens with one attached hydrogen (secondary N) is 1. The number of amides is 2. The van der Waals surface area contributed by atoms with Crippen molar-refractivity contribution in [3.8, 4) is 16.9 Å². The Kier molecular flexibility index (Phi) is 7.26. The number of methoxy groups -OCH3 is 1. The summed E-state index contributed by atoms with van der Waals surface area (Å²) >= 11 is 0. The fraction of sp³-hybridized carbons (Fsp3) is 0.391. The molecule has 156 valence electrons. The van der Waals surface area contributed by atoms with Gasteiger partial charge in [-0.1, -0.05) is 36.4 Å². The first kappa shape index (κ1) is 22.3. The molecule has 0 bridgehead atoms. The van der Waals surface area contributed by atoms with Crippen molar-refractivity contribution in [2.45, 2.75) is 39.3 Å². The molecule has 0 spiro atoms. The lowest BCUT2D eigenvalue weighted by atomic mass is 10.0. The lowest BCUT2D eigenvalue weighted by Crippen LogP contribution is -2.44. The van der Waals surface area contributed by atoms with Crippen molar-refractivity contribution in [1.82, 2.24) is 10.2 Å². The number of alkyl carbamates (subject to hydrolysis) is 1. The summed E-state index contributed by atoms with van der Waals surface area (Å²) in [5.74, 6) is 0.326. The van der Waals surface area contributed by atoms with Crippen LogP contribution in [0.25, 0.3) is 11.1 Å². The van der Waals surface area contributed by atoms with E-state index in [9.17, 15) is 9.59 Å². The molecule has 0 radical (unpaired) electrons. The summed E-state index contributed by atoms with van der Waals surface area (Å²) in [6, 6.07) is 15.1. The number of hydrogen-bond donors (Lipinski definition) is 1. The molecule has 1 unspecified atom stereocenters. The Morgan fingerprint density at radius 1 is 1.07 bits per heavy atom. The normalized spacial score (nSPS) is 12.1. The Hall–Kier alpha value is -3.02. The first-order valence-electron chi connectivity index (χ1n) is 9.59. The molecule has 0 fully saturated rings. The maximum absolute atomic E-state index is 13.1. The van der Waals surface area contributed by atoms with E-state index in [1.165, 1.54) is 0 Å². The average molecular weight is 399 g/mol. The van der Waals surface area contributed by atoms with Gasteiger partial charge in [-0.25, -0.2) is 4.79 Å². The molecule has 0 aliphatic rings. The number of benzene rings is 2. The van der Waals surface area contributed by atoms with Gasteiger partial charge in [0.15, 0.2) is 0 Å². The molecule has 29 heavy (non-hydrogen) atoms. The van der Waals surface area contributed by atoms with Gasteiger partial charge >= 0.3 is 6.09 Å². The quantitative estimate of drug-likeness (QED) is 0.786. The third-order valence-corrected chi connectivity index (χ3v) is 4.19. The van der Waals surface area contributed by atoms with E-state index >= 15 is 0 Å². The second kappa shape index (κ2) is 9.45. The van der Waals surface area contributed by atoms with E-state index in [1.807, 2.05) is 49.4 Å². The molecule has 1 N–H and O–H groups in total. The third kappa shape index (κ3) is 6.52. The van der Waals surface area contributed by atoms with Crippen molar-refractivity contribution in [3.63, 3.8) is 0 Å². The molecule has 0 aliphatic carbocycles. The molecule has 1 atom stereocenters. The molecule has 0 aromatic heterocycles. The highest BCUT2D eigenvalue weighted by molar-refractivity contribution is 5.98. The second-order valence-electron chi connectivity index (χ2n) is 8.01. The molecule has 0 saturated carbocycles. The fourth-order valence-corrected chi connectivity index (χ4v) is 2.94. The Morgan fingerprint density at radius 2 is 1.72 bits per heavy atom. The largest absolute Gasteiger partial charge is 0.496 e. The number of hydrogen-bond acceptors (Lipinski definition) is 4. The smallest absolute Gasteiger partial charge is 0.407 e. The van der Waals surface area contributed by atoms with Crippen LogP contribution in [0, 0.1) is 0 Å². The number of carbonyl (C=O) groups is 2. The van der Waals surface area contributed by atoms with Crippen LogP contribution in [0.5, 0.6) is 5.75 Å². The summed E-state index contributed by atoms with van der Waals surface area (Å²) in [6.07, 6.45) is -0.505. The average Bonchev–Trinajstić information content (AvgIpc) is 2.65. The van der Waals surface area contributed by atoms with Gasteiger partial charge in [0.1, 0.15) is 11.4 Å². The van der Waals surface area contributed by atoms with E-state index in [0.717, 1.165) is 11.1 Å². The highest BCUT2D eigenvalue weighted by Crippen LogP contribution is 2.27. The number of carbonyl (C=O) groups excluding carboxylic acids is 2. The van der Waals surface area contributed by atoms with Crippen LogP contribution in [-0.4, -0.2) is 49.2 Å². The van der Waals surface area contributed by atoms with Crippen LogP contribution in [0.15, 0.2) is 48.5 Å². The van der Waals surface area contributed by atoms with Crippen LogP contribution in [0.3, 0.4) is 0 Å². The number of rotatable bonds is 6. The maximum Gasteiger partial charge on any atom is 0.407 e. The van der Waals surface area contributed by atoms with Gasteiger partial charge in [-0.15, -0.1) is 0 Å². The summed E-state index contributed by atoms with van der Waals surface area (Å²) in [4.78, 5) is 26.6. The van der Waals surface area contributed by atoms with Crippen LogP contribution >= 0.6 is 0 Å². The number of ether oxygens (including phenoxy) is 2. The standard InChI is InChI=1S/C23H30N2O4/c1-16(24-22(27)29-23(2,3)4)15-25(5)21(26)19-14-18(12-13-20(19)28-6)17-10-8-7-9-11-17/h7-14,16H,15H2,1-6H3,(H,24,27). The van der Waals surface area contributed by atoms with E-state index in [2.05, 4.69) is 5.32 Å². The number of likely N-dealkylation sites (N-methyl/N-ethyl adjacent to an activating group) is 1. The summed E-state index contributed by atoms with van der Waals surface area (Å²) in [5, 5.41) is 2.75. The minimum absolute atomic E-state index is 0.183. The molecule has 6 nitrogen and oxygen atoms in total. The second-order valence-corrected chi connectivity index (χ2v) is 8.01. The summed E-state index contributed by atoms with van der Waals surface area (Å²) < 4.78 is 10.7. The molecular weight excluding hydrogens is 368 g/mol. The molecule has 6 heteroatoms. The minimum atomic E-state index is -0.573. The van der Waals surface area contributed by atoms with Crippen LogP contribution in [-0.2, 0) is 4.74 Å². The molecule has 0 saturated heterocycles. The first-order chi connectivity index (χ1) is 13.6. The van der Waals surface area contributed by atoms with Crippen molar-refractivity contribution < 1.29 is 19.1 Å². The Morgan fingerprint density at radius 3 is 2.31 bits per heavy atom. The Labute approximate surface area is 172 Å². The van der Waals surface area contributed by atoms with Crippen molar-refractivity contribution in [1.29, 1.82) is 0 Å². The van der Waals surface area contributed by atoms with Gasteiger partial charge in [0.05, 0.1) is 12.7 Å². The van der Waals surface area contributed by atoms with Crippen LogP contribution in [0.2, 0.25) is 0 Å². The van der Waals surface area contributed by atoms with Crippen molar-refractivity contribution in [3.05, 3.63) is 54.1 Å². The Balaban J connectivity index is 2.12. The first-order valence-corrected chi connectivity index (χ1v) is 9.59. The van der Waals surface area contributed by atoms with Crippen LogP contribution in [0.1, 0.15) is 38.1 Å². The maximum atomic E-state index is 13.1. The van der Waals surface area contributed by atoms with Gasteiger partial charge in [0, 0.05) is 19.6 Å². The molecule has 2 rings (SSSR count). The van der Waals surface area contributed by atoms with Gasteiger partial charge in [-0.2, -0.15) is 0 Å². The van der Waals surface area contributed by atoms with Crippen LogP contribution < -0.4 is 10.1 Å². The molecule has 2 aromatic rings. The highest BCUT2D eigenvalue weighted by atomic mass is 16.6. The molecular formula is C23H30N2O4. The summed E-state index contributed by atoms with van der Waals surface area (Å²) in [5.41, 5.74) is 1.85. The van der Waals surface area contributed by atoms with E-state index in [4.69, 9.17) is 9.47 Å². The van der Waals surface area contributed by atoms with Gasteiger partial charge in [-0.3, -0.25) is 4.79 Å². The van der Waals surface area contributed by atoms with Crippen molar-refractivity contribution in [2.24, 2.45) is 0 Å². The monoisotopic (exact) mass is 398 g/mol. The zero-order valence-electron chi connectivity index (χ0n) is 18.0. The van der Waals surface area contributed by atoms with E-state index in [0.29, 0.717) is 17.9 Å². The van der Waals surface area contributed by atoms with Gasteiger partial charge in [0.2, 0.25) is 0 Å². The number of nitrogens with zero attached hydrogens (tertiary/aromatic N) is 1. The SMILES string of the molecule is COc1ccc(-c2ccccc2)cc1C(=O)N(C)CC(C)NC(=O)OC(C)(C)C. The minimum Gasteiger partial charge on any atom is -0.496 e. The lowest BCUT2D eigenvalue weighted by molar-refractivity contribution is 0.0491. The van der Waals surface area contributed by atoms with E-state index in [1.54, 1.807) is 45.9 Å². The summed E-state index contributed by atoms with van der Waals surface area (Å²) in [6.45, 7) is 7.57. The molecule has 0 heterocycles. The molecule has 0 aliphatic heterocycles. The zero-order valence-corrected chi connectivity index (χ0v) is 18.0. The van der Waals surface area contributed by atoms with Gasteiger partial charge in [-0.05, 0) is 51.0 Å². The zero-order chi connectivity index (χ0) is 21.6. The van der Waals surface area contributed by atoms with Crippen LogP contribution in [0.4, 0.5) is 4.79 Å². The Bertz CT molecular complexity index is 844. The van der Waals surface area contributed by atoms with E-state index in [-0.39, 0.29) is 11.9 Å². The lowest BCUT2D eigenvalue weighted by Gasteiger charge is -2.25. The molecule has 2 amide bonds. The third-order valence-electron chi connectivity index (χ3n) is 4.19. The topological polar surface area (TPSA) is 67.9 Å². The highest BCUT2D eigenvalue weighted by Gasteiger charge is 2.22. The predicted octanol–water partition coefficient (Wildman–Crippen LogP) is 4.35.